The third kappa shape index (κ3) is 5.27. The van der Waals surface area contributed by atoms with Crippen LogP contribution in [0.3, 0.4) is 0 Å². The van der Waals surface area contributed by atoms with Crippen molar-refractivity contribution >= 4 is 35.4 Å². The minimum absolute atomic E-state index is 0.287. The van der Waals surface area contributed by atoms with Crippen LogP contribution in [0.1, 0.15) is 42.1 Å². The highest BCUT2D eigenvalue weighted by molar-refractivity contribution is 7.71. The van der Waals surface area contributed by atoms with E-state index in [1.54, 1.807) is 24.4 Å². The third-order valence-corrected chi connectivity index (χ3v) is 4.26. The second-order valence-electron chi connectivity index (χ2n) is 6.16. The normalized spacial score (nSPS) is 11.1. The van der Waals surface area contributed by atoms with Crippen molar-refractivity contribution in [2.75, 3.05) is 6.61 Å². The molecule has 0 spiro atoms. The summed E-state index contributed by atoms with van der Waals surface area (Å²) in [4.78, 5) is 18.2. The summed E-state index contributed by atoms with van der Waals surface area (Å²) < 4.78 is 6.20. The van der Waals surface area contributed by atoms with Gasteiger partial charge in [-0.1, -0.05) is 19.8 Å². The molecule has 3 N–H and O–H groups in total. The van der Waals surface area contributed by atoms with Gasteiger partial charge < -0.3 is 14.7 Å². The number of aromatic amines is 2. The number of carbonyl (C=O) groups excluding carboxylic acids is 1. The van der Waals surface area contributed by atoms with Crippen molar-refractivity contribution in [1.82, 2.24) is 15.4 Å². The summed E-state index contributed by atoms with van der Waals surface area (Å²) in [6, 6.07) is 12.9. The maximum atomic E-state index is 12.2. The monoisotopic (exact) mass is 382 g/mol. The van der Waals surface area contributed by atoms with Crippen molar-refractivity contribution in [3.63, 3.8) is 0 Å². The first-order valence-electron chi connectivity index (χ1n) is 8.94. The van der Waals surface area contributed by atoms with Crippen molar-refractivity contribution in [2.24, 2.45) is 5.10 Å². The highest BCUT2D eigenvalue weighted by Gasteiger charge is 2.06. The molecule has 1 amide bonds. The number of carbonyl (C=O) groups is 1. The van der Waals surface area contributed by atoms with Gasteiger partial charge in [0.05, 0.1) is 23.9 Å². The van der Waals surface area contributed by atoms with Crippen LogP contribution in [0.2, 0.25) is 0 Å². The number of imidazole rings is 1. The molecule has 6 nitrogen and oxygen atoms in total. The number of ether oxygens (including phenoxy) is 1. The Kier molecular flexibility index (Phi) is 6.38. The molecule has 140 valence electrons. The van der Waals surface area contributed by atoms with E-state index in [1.807, 2.05) is 24.3 Å². The number of benzene rings is 2. The van der Waals surface area contributed by atoms with Gasteiger partial charge in [0.2, 0.25) is 0 Å². The fourth-order valence-electron chi connectivity index (χ4n) is 2.60. The van der Waals surface area contributed by atoms with Crippen molar-refractivity contribution in [3.05, 3.63) is 58.4 Å². The van der Waals surface area contributed by atoms with Gasteiger partial charge in [-0.05, 0) is 66.7 Å². The van der Waals surface area contributed by atoms with E-state index < -0.39 is 0 Å². The largest absolute Gasteiger partial charge is 0.494 e. The zero-order valence-electron chi connectivity index (χ0n) is 15.1. The number of hydrogen-bond acceptors (Lipinski definition) is 4. The molecule has 3 rings (SSSR count). The number of hydrogen-bond donors (Lipinski definition) is 3. The topological polar surface area (TPSA) is 82.3 Å². The number of unbranched alkanes of at least 4 members (excludes halogenated alkanes) is 2. The van der Waals surface area contributed by atoms with Gasteiger partial charge in [0, 0.05) is 5.56 Å². The second-order valence-corrected chi connectivity index (χ2v) is 6.57. The number of rotatable bonds is 8. The molecule has 0 radical (unpaired) electrons. The molecule has 0 unspecified atom stereocenters. The Labute approximate surface area is 162 Å². The van der Waals surface area contributed by atoms with E-state index in [0.717, 1.165) is 35.4 Å². The molecule has 0 aliphatic rings. The van der Waals surface area contributed by atoms with Crippen LogP contribution in [-0.2, 0) is 0 Å². The first kappa shape index (κ1) is 18.8. The van der Waals surface area contributed by atoms with Crippen molar-refractivity contribution in [1.29, 1.82) is 0 Å². The van der Waals surface area contributed by atoms with E-state index in [-0.39, 0.29) is 5.91 Å². The zero-order valence-corrected chi connectivity index (χ0v) is 15.9. The average molecular weight is 382 g/mol. The van der Waals surface area contributed by atoms with Crippen LogP contribution in [0.25, 0.3) is 11.0 Å². The summed E-state index contributed by atoms with van der Waals surface area (Å²) in [5.74, 6) is 0.550. The number of amides is 1. The van der Waals surface area contributed by atoms with Crippen molar-refractivity contribution < 1.29 is 9.53 Å². The molecule has 0 aliphatic carbocycles. The fraction of sp³-hybridized carbons (Fsp3) is 0.250. The van der Waals surface area contributed by atoms with Gasteiger partial charge in [-0.15, -0.1) is 0 Å². The molecule has 0 saturated carbocycles. The maximum Gasteiger partial charge on any atom is 0.271 e. The number of hydrazone groups is 1. The number of nitrogens with one attached hydrogen (secondary N) is 3. The van der Waals surface area contributed by atoms with Crippen LogP contribution >= 0.6 is 12.2 Å². The molecular formula is C20H22N4O2S. The fourth-order valence-corrected chi connectivity index (χ4v) is 2.82. The smallest absolute Gasteiger partial charge is 0.271 e. The Morgan fingerprint density at radius 3 is 2.70 bits per heavy atom. The van der Waals surface area contributed by atoms with Crippen LogP contribution < -0.4 is 10.2 Å². The summed E-state index contributed by atoms with van der Waals surface area (Å²) in [5.41, 5.74) is 5.55. The van der Waals surface area contributed by atoms with Gasteiger partial charge in [0.25, 0.3) is 5.91 Å². The lowest BCUT2D eigenvalue weighted by Gasteiger charge is -2.05. The predicted octanol–water partition coefficient (Wildman–Crippen LogP) is 4.56. The van der Waals surface area contributed by atoms with Gasteiger partial charge in [0.1, 0.15) is 5.75 Å². The lowest BCUT2D eigenvalue weighted by Crippen LogP contribution is -2.17. The molecule has 1 heterocycles. The lowest BCUT2D eigenvalue weighted by molar-refractivity contribution is 0.0955. The quantitative estimate of drug-likeness (QED) is 0.231. The van der Waals surface area contributed by atoms with Crippen molar-refractivity contribution in [2.45, 2.75) is 26.2 Å². The molecule has 0 fully saturated rings. The number of aromatic nitrogens is 2. The minimum atomic E-state index is -0.287. The summed E-state index contributed by atoms with van der Waals surface area (Å²) in [6.07, 6.45) is 5.01. The van der Waals surface area contributed by atoms with Crippen LogP contribution in [0.15, 0.2) is 47.6 Å². The molecule has 3 aromatic rings. The average Bonchev–Trinajstić information content (AvgIpc) is 3.05. The summed E-state index contributed by atoms with van der Waals surface area (Å²) in [6.45, 7) is 2.90. The Morgan fingerprint density at radius 1 is 1.15 bits per heavy atom. The van der Waals surface area contributed by atoms with Crippen LogP contribution in [0.4, 0.5) is 0 Å². The van der Waals surface area contributed by atoms with Crippen LogP contribution in [0.5, 0.6) is 5.75 Å². The maximum absolute atomic E-state index is 12.2. The third-order valence-electron chi connectivity index (χ3n) is 4.05. The Bertz CT molecular complexity index is 989. The Balaban J connectivity index is 1.54. The molecule has 0 aliphatic heterocycles. The summed E-state index contributed by atoms with van der Waals surface area (Å²) >= 11 is 5.05. The first-order chi connectivity index (χ1) is 13.2. The van der Waals surface area contributed by atoms with Gasteiger partial charge in [-0.2, -0.15) is 5.10 Å². The van der Waals surface area contributed by atoms with Gasteiger partial charge in [-0.25, -0.2) is 5.43 Å². The first-order valence-corrected chi connectivity index (χ1v) is 9.35. The molecule has 0 bridgehead atoms. The molecule has 0 atom stereocenters. The standard InChI is InChI=1S/C20H22N4O2S/c1-2-3-4-11-26-16-8-5-14(6-9-16)13-21-24-19(25)15-7-10-17-18(12-15)23-20(27)22-17/h5-10,12-13H,2-4,11H2,1H3,(H,24,25)(H2,22,23,27)/b21-13-. The van der Waals surface area contributed by atoms with Crippen LogP contribution in [0, 0.1) is 4.77 Å². The summed E-state index contributed by atoms with van der Waals surface area (Å²) in [5, 5.41) is 4.02. The molecule has 27 heavy (non-hydrogen) atoms. The minimum Gasteiger partial charge on any atom is -0.494 e. The lowest BCUT2D eigenvalue weighted by atomic mass is 10.2. The van der Waals surface area contributed by atoms with Gasteiger partial charge in [0.15, 0.2) is 4.77 Å². The van der Waals surface area contributed by atoms with E-state index in [2.05, 4.69) is 27.4 Å². The van der Waals surface area contributed by atoms with E-state index in [1.165, 1.54) is 12.8 Å². The Hall–Kier alpha value is -2.93. The van der Waals surface area contributed by atoms with Gasteiger partial charge >= 0.3 is 0 Å². The number of H-pyrrole nitrogens is 2. The number of fused-ring (bicyclic) bond motifs is 1. The zero-order chi connectivity index (χ0) is 19.1. The Morgan fingerprint density at radius 2 is 1.93 bits per heavy atom. The van der Waals surface area contributed by atoms with E-state index in [4.69, 9.17) is 17.0 Å². The van der Waals surface area contributed by atoms with Crippen molar-refractivity contribution in [3.8, 4) is 5.75 Å². The van der Waals surface area contributed by atoms with Gasteiger partial charge in [-0.3, -0.25) is 4.79 Å². The van der Waals surface area contributed by atoms with E-state index >= 15 is 0 Å². The molecular weight excluding hydrogens is 360 g/mol. The highest BCUT2D eigenvalue weighted by Crippen LogP contribution is 2.13. The van der Waals surface area contributed by atoms with E-state index in [0.29, 0.717) is 10.3 Å². The van der Waals surface area contributed by atoms with Crippen LogP contribution in [-0.4, -0.2) is 28.7 Å². The second kappa shape index (κ2) is 9.14. The molecule has 0 saturated heterocycles. The molecule has 1 aromatic heterocycles. The highest BCUT2D eigenvalue weighted by atomic mass is 32.1. The van der Waals surface area contributed by atoms with E-state index in [9.17, 15) is 4.79 Å². The SMILES string of the molecule is CCCCCOc1ccc(/C=N\NC(=O)c2ccc3[nH]c(=S)[nH]c3c2)cc1. The molecule has 7 heteroatoms. The molecule has 2 aromatic carbocycles. The summed E-state index contributed by atoms with van der Waals surface area (Å²) in [7, 11) is 0. The number of nitrogens with zero attached hydrogens (tertiary/aromatic N) is 1. The predicted molar refractivity (Wildman–Crippen MR) is 110 cm³/mol.